The van der Waals surface area contributed by atoms with Crippen LogP contribution in [-0.4, -0.2) is 41.7 Å². The molecule has 0 aliphatic carbocycles. The largest absolute Gasteiger partial charge is 0.416 e. The van der Waals surface area contributed by atoms with Crippen molar-refractivity contribution in [3.05, 3.63) is 0 Å². The number of urea groups is 1. The van der Waals surface area contributed by atoms with Gasteiger partial charge in [0.15, 0.2) is 6.04 Å². The normalized spacial score (nSPS) is 23.9. The minimum Gasteiger partial charge on any atom is -0.307 e. The molecular formula is C7H7F3N2O2. The van der Waals surface area contributed by atoms with Gasteiger partial charge in [0.2, 0.25) is 5.78 Å². The second kappa shape index (κ2) is 3.07. The van der Waals surface area contributed by atoms with E-state index in [-0.39, 0.29) is 4.90 Å². The van der Waals surface area contributed by atoms with Gasteiger partial charge in [-0.05, 0) is 6.92 Å². The van der Waals surface area contributed by atoms with Gasteiger partial charge in [0.25, 0.3) is 0 Å². The molecule has 7 heteroatoms. The van der Waals surface area contributed by atoms with Crippen molar-refractivity contribution in [1.29, 1.82) is 0 Å². The lowest BCUT2D eigenvalue weighted by Crippen LogP contribution is -2.55. The van der Waals surface area contributed by atoms with Gasteiger partial charge in [0.1, 0.15) is 0 Å². The van der Waals surface area contributed by atoms with Gasteiger partial charge >= 0.3 is 12.2 Å². The van der Waals surface area contributed by atoms with E-state index in [1.807, 2.05) is 0 Å². The fourth-order valence-electron chi connectivity index (χ4n) is 1.13. The van der Waals surface area contributed by atoms with Gasteiger partial charge in [0, 0.05) is 7.05 Å². The number of likely N-dealkylation sites (N-methyl/N-ethyl adjacent to an activating group) is 1. The average Bonchev–Trinajstić information content (AvgIpc) is 1.98. The van der Waals surface area contributed by atoms with Gasteiger partial charge in [-0.3, -0.25) is 4.79 Å². The number of aliphatic imine (C=N–C) groups is 1. The maximum Gasteiger partial charge on any atom is 0.416 e. The summed E-state index contributed by atoms with van der Waals surface area (Å²) < 4.78 is 37.0. The number of carbonyl (C=O) groups is 2. The number of hydrogen-bond donors (Lipinski definition) is 0. The van der Waals surface area contributed by atoms with E-state index in [9.17, 15) is 22.8 Å². The fraction of sp³-hybridized carbons (Fsp3) is 0.571. The molecule has 1 aliphatic heterocycles. The zero-order chi connectivity index (χ0) is 11.1. The van der Waals surface area contributed by atoms with E-state index in [1.54, 1.807) is 0 Å². The van der Waals surface area contributed by atoms with Crippen molar-refractivity contribution < 1.29 is 22.8 Å². The Balaban J connectivity index is 3.14. The second-order valence-electron chi connectivity index (χ2n) is 2.90. The smallest absolute Gasteiger partial charge is 0.307 e. The Labute approximate surface area is 77.4 Å². The molecule has 0 saturated heterocycles. The first-order chi connectivity index (χ1) is 6.25. The minimum absolute atomic E-state index is 0.287. The average molecular weight is 208 g/mol. The standard InChI is InChI=1S/C7H7F3N2O2/c1-3-4(13)5(7(8,9)10)12(2)6(14)11-3/h5H,1-2H3. The Morgan fingerprint density at radius 3 is 2.29 bits per heavy atom. The summed E-state index contributed by atoms with van der Waals surface area (Å²) in [7, 11) is 0.897. The third-order valence-corrected chi connectivity index (χ3v) is 1.87. The highest BCUT2D eigenvalue weighted by atomic mass is 19.4. The molecule has 78 valence electrons. The summed E-state index contributed by atoms with van der Waals surface area (Å²) in [4.78, 5) is 25.4. The number of alkyl halides is 3. The van der Waals surface area contributed by atoms with Gasteiger partial charge in [-0.1, -0.05) is 0 Å². The van der Waals surface area contributed by atoms with Gasteiger partial charge < -0.3 is 4.90 Å². The van der Waals surface area contributed by atoms with Gasteiger partial charge in [0.05, 0.1) is 5.71 Å². The fourth-order valence-corrected chi connectivity index (χ4v) is 1.13. The van der Waals surface area contributed by atoms with Crippen molar-refractivity contribution in [1.82, 2.24) is 4.90 Å². The van der Waals surface area contributed by atoms with Crippen LogP contribution in [0.4, 0.5) is 18.0 Å². The number of carbonyl (C=O) groups excluding carboxylic acids is 2. The minimum atomic E-state index is -4.75. The highest BCUT2D eigenvalue weighted by Crippen LogP contribution is 2.27. The molecule has 0 aromatic carbocycles. The lowest BCUT2D eigenvalue weighted by Gasteiger charge is -2.30. The predicted molar refractivity (Wildman–Crippen MR) is 41.1 cm³/mol. The van der Waals surface area contributed by atoms with Gasteiger partial charge in [-0.25, -0.2) is 4.79 Å². The maximum atomic E-state index is 12.3. The van der Waals surface area contributed by atoms with E-state index >= 15 is 0 Å². The van der Waals surface area contributed by atoms with Crippen LogP contribution in [0.3, 0.4) is 0 Å². The van der Waals surface area contributed by atoms with Crippen molar-refractivity contribution in [3.63, 3.8) is 0 Å². The van der Waals surface area contributed by atoms with Crippen LogP contribution >= 0.6 is 0 Å². The molecule has 0 fully saturated rings. The SMILES string of the molecule is CC1=NC(=O)N(C)C(C(F)(F)F)C1=O. The Morgan fingerprint density at radius 2 is 1.86 bits per heavy atom. The summed E-state index contributed by atoms with van der Waals surface area (Å²) in [6.45, 7) is 1.09. The zero-order valence-electron chi connectivity index (χ0n) is 7.42. The zero-order valence-corrected chi connectivity index (χ0v) is 7.42. The van der Waals surface area contributed by atoms with Crippen molar-refractivity contribution >= 4 is 17.5 Å². The van der Waals surface area contributed by atoms with Crippen molar-refractivity contribution in [2.75, 3.05) is 7.05 Å². The van der Waals surface area contributed by atoms with Crippen LogP contribution in [0.15, 0.2) is 4.99 Å². The molecular weight excluding hydrogens is 201 g/mol. The maximum absolute atomic E-state index is 12.3. The summed E-state index contributed by atoms with van der Waals surface area (Å²) in [5.74, 6) is -1.18. The molecule has 4 nitrogen and oxygen atoms in total. The van der Waals surface area contributed by atoms with E-state index in [0.717, 1.165) is 14.0 Å². The molecule has 14 heavy (non-hydrogen) atoms. The number of hydrogen-bond acceptors (Lipinski definition) is 2. The number of Topliss-reactive ketones (excluding diaryl/α,β-unsaturated/α-hetero) is 1. The Kier molecular flexibility index (Phi) is 2.34. The number of nitrogens with zero attached hydrogens (tertiary/aromatic N) is 2. The van der Waals surface area contributed by atoms with Crippen LogP contribution in [0.5, 0.6) is 0 Å². The molecule has 1 unspecified atom stereocenters. The summed E-state index contributed by atoms with van der Waals surface area (Å²) in [6, 6.07) is -3.45. The van der Waals surface area contributed by atoms with Crippen molar-refractivity contribution in [2.45, 2.75) is 19.1 Å². The monoisotopic (exact) mass is 208 g/mol. The third-order valence-electron chi connectivity index (χ3n) is 1.87. The number of amides is 2. The number of rotatable bonds is 0. The molecule has 1 rings (SSSR count). The molecule has 0 saturated carbocycles. The quantitative estimate of drug-likeness (QED) is 0.596. The van der Waals surface area contributed by atoms with E-state index in [2.05, 4.69) is 4.99 Å². The second-order valence-corrected chi connectivity index (χ2v) is 2.90. The highest BCUT2D eigenvalue weighted by molar-refractivity contribution is 6.43. The summed E-state index contributed by atoms with van der Waals surface area (Å²) in [5.41, 5.74) is -0.407. The Hall–Kier alpha value is -1.40. The first-order valence-corrected chi connectivity index (χ1v) is 3.68. The molecule has 1 aliphatic rings. The molecule has 0 aromatic rings. The first kappa shape index (κ1) is 10.7. The lowest BCUT2D eigenvalue weighted by atomic mass is 10.1. The molecule has 1 atom stereocenters. The van der Waals surface area contributed by atoms with Crippen LogP contribution in [-0.2, 0) is 4.79 Å². The molecule has 0 radical (unpaired) electrons. The number of halogens is 3. The van der Waals surface area contributed by atoms with Gasteiger partial charge in [-0.15, -0.1) is 0 Å². The molecule has 0 spiro atoms. The summed E-state index contributed by atoms with van der Waals surface area (Å²) in [6.07, 6.45) is -4.75. The van der Waals surface area contributed by atoms with E-state index in [1.165, 1.54) is 0 Å². The molecule has 2 amide bonds. The molecule has 0 aromatic heterocycles. The Morgan fingerprint density at radius 1 is 1.36 bits per heavy atom. The highest BCUT2D eigenvalue weighted by Gasteiger charge is 2.51. The topological polar surface area (TPSA) is 49.7 Å². The summed E-state index contributed by atoms with van der Waals surface area (Å²) in [5, 5.41) is 0. The van der Waals surface area contributed by atoms with Crippen LogP contribution in [0.1, 0.15) is 6.92 Å². The summed E-state index contributed by atoms with van der Waals surface area (Å²) >= 11 is 0. The van der Waals surface area contributed by atoms with E-state index < -0.39 is 29.7 Å². The lowest BCUT2D eigenvalue weighted by molar-refractivity contribution is -0.176. The van der Waals surface area contributed by atoms with E-state index in [4.69, 9.17) is 0 Å². The van der Waals surface area contributed by atoms with Crippen LogP contribution in [0, 0.1) is 0 Å². The van der Waals surface area contributed by atoms with Crippen molar-refractivity contribution in [3.8, 4) is 0 Å². The first-order valence-electron chi connectivity index (χ1n) is 3.68. The van der Waals surface area contributed by atoms with E-state index in [0.29, 0.717) is 0 Å². The molecule has 1 heterocycles. The van der Waals surface area contributed by atoms with Crippen LogP contribution in [0.25, 0.3) is 0 Å². The molecule has 0 bridgehead atoms. The Bertz CT molecular complexity index is 321. The number of ketones is 1. The predicted octanol–water partition coefficient (Wildman–Crippen LogP) is 1.01. The van der Waals surface area contributed by atoms with Crippen LogP contribution in [0.2, 0.25) is 0 Å². The van der Waals surface area contributed by atoms with Gasteiger partial charge in [-0.2, -0.15) is 18.2 Å². The molecule has 0 N–H and O–H groups in total. The third kappa shape index (κ3) is 1.61. The van der Waals surface area contributed by atoms with Crippen molar-refractivity contribution in [2.24, 2.45) is 4.99 Å². The van der Waals surface area contributed by atoms with Crippen LogP contribution < -0.4 is 0 Å².